The van der Waals surface area contributed by atoms with Crippen molar-refractivity contribution >= 4 is 5.91 Å². The first-order chi connectivity index (χ1) is 11.5. The van der Waals surface area contributed by atoms with Crippen molar-refractivity contribution in [2.75, 3.05) is 20.3 Å². The van der Waals surface area contributed by atoms with Crippen molar-refractivity contribution in [3.8, 4) is 17.2 Å². The molecule has 2 rings (SSSR count). The Hall–Kier alpha value is -2.34. The predicted octanol–water partition coefficient (Wildman–Crippen LogP) is 3.20. The Morgan fingerprint density at radius 2 is 2.00 bits per heavy atom. The van der Waals surface area contributed by atoms with E-state index in [0.717, 1.165) is 17.7 Å². The molecule has 0 atom stereocenters. The minimum atomic E-state index is -0.236. The molecule has 0 fully saturated rings. The molecule has 2 aromatic rings. The average molecular weight is 332 g/mol. The average Bonchev–Trinajstić information content (AvgIpc) is 2.96. The second-order valence-corrected chi connectivity index (χ2v) is 5.68. The van der Waals surface area contributed by atoms with Crippen molar-refractivity contribution in [1.82, 2.24) is 10.3 Å². The number of hydrogen-bond acceptors (Lipinski definition) is 5. The molecular weight excluding hydrogens is 308 g/mol. The van der Waals surface area contributed by atoms with Gasteiger partial charge in [-0.15, -0.1) is 0 Å². The van der Waals surface area contributed by atoms with Crippen molar-refractivity contribution < 1.29 is 18.7 Å². The monoisotopic (exact) mass is 332 g/mol. The Morgan fingerprint density at radius 1 is 1.29 bits per heavy atom. The molecule has 1 N–H and O–H groups in total. The number of benzene rings is 1. The fourth-order valence-electron chi connectivity index (χ4n) is 2.14. The molecule has 0 saturated carbocycles. The van der Waals surface area contributed by atoms with Crippen LogP contribution in [0.15, 0.2) is 28.7 Å². The van der Waals surface area contributed by atoms with Gasteiger partial charge in [0.2, 0.25) is 5.89 Å². The number of rotatable bonds is 8. The third-order valence-corrected chi connectivity index (χ3v) is 3.41. The number of nitrogens with zero attached hydrogens (tertiary/aromatic N) is 1. The number of methoxy groups -OCH3 is 1. The van der Waals surface area contributed by atoms with Gasteiger partial charge in [0.05, 0.1) is 13.2 Å². The summed E-state index contributed by atoms with van der Waals surface area (Å²) in [4.78, 5) is 16.5. The van der Waals surface area contributed by atoms with Gasteiger partial charge in [0.15, 0.2) is 5.69 Å². The molecule has 0 saturated heterocycles. The Labute approximate surface area is 142 Å². The van der Waals surface area contributed by atoms with Crippen molar-refractivity contribution in [1.29, 1.82) is 0 Å². The smallest absolute Gasteiger partial charge is 0.273 e. The van der Waals surface area contributed by atoms with Crippen LogP contribution in [0.5, 0.6) is 5.75 Å². The lowest BCUT2D eigenvalue weighted by atomic mass is 10.2. The van der Waals surface area contributed by atoms with Gasteiger partial charge in [-0.1, -0.05) is 0 Å². The number of hydrogen-bond donors (Lipinski definition) is 1. The summed E-state index contributed by atoms with van der Waals surface area (Å²) in [6.45, 7) is 6.86. The first-order valence-corrected chi connectivity index (χ1v) is 8.03. The molecule has 0 unspecified atom stereocenters. The van der Waals surface area contributed by atoms with Crippen LogP contribution in [-0.2, 0) is 4.74 Å². The molecule has 0 radical (unpaired) electrons. The lowest BCUT2D eigenvalue weighted by molar-refractivity contribution is 0.0756. The standard InChI is InChI=1S/C18H24N2O4/c1-12(2)23-11-5-10-19-17(21)16-13(3)24-18(20-16)14-6-8-15(22-4)9-7-14/h6-9,12H,5,10-11H2,1-4H3,(H,19,21). The summed E-state index contributed by atoms with van der Waals surface area (Å²) in [5.41, 5.74) is 1.11. The van der Waals surface area contributed by atoms with E-state index in [4.69, 9.17) is 13.9 Å². The van der Waals surface area contributed by atoms with E-state index in [-0.39, 0.29) is 12.0 Å². The summed E-state index contributed by atoms with van der Waals surface area (Å²) >= 11 is 0. The molecule has 130 valence electrons. The molecule has 1 aromatic heterocycles. The van der Waals surface area contributed by atoms with Crippen molar-refractivity contribution in [2.24, 2.45) is 0 Å². The fraction of sp³-hybridized carbons (Fsp3) is 0.444. The van der Waals surface area contributed by atoms with Gasteiger partial charge in [0, 0.05) is 18.7 Å². The Balaban J connectivity index is 1.96. The van der Waals surface area contributed by atoms with Crippen LogP contribution in [0.25, 0.3) is 11.5 Å². The summed E-state index contributed by atoms with van der Waals surface area (Å²) in [5.74, 6) is 1.43. The van der Waals surface area contributed by atoms with Crippen LogP contribution < -0.4 is 10.1 Å². The Morgan fingerprint density at radius 3 is 2.62 bits per heavy atom. The van der Waals surface area contributed by atoms with E-state index in [1.54, 1.807) is 14.0 Å². The highest BCUT2D eigenvalue weighted by atomic mass is 16.5. The quantitative estimate of drug-likeness (QED) is 0.752. The van der Waals surface area contributed by atoms with E-state index in [1.165, 1.54) is 0 Å². The second kappa shape index (κ2) is 8.49. The van der Waals surface area contributed by atoms with Gasteiger partial charge in [-0.3, -0.25) is 4.79 Å². The molecule has 6 heteroatoms. The van der Waals surface area contributed by atoms with Gasteiger partial charge in [-0.2, -0.15) is 0 Å². The van der Waals surface area contributed by atoms with Crippen molar-refractivity contribution in [3.05, 3.63) is 35.7 Å². The molecule has 1 heterocycles. The van der Waals surface area contributed by atoms with Gasteiger partial charge >= 0.3 is 0 Å². The SMILES string of the molecule is COc1ccc(-c2nc(C(=O)NCCCOC(C)C)c(C)o2)cc1. The van der Waals surface area contributed by atoms with Gasteiger partial charge in [-0.25, -0.2) is 4.98 Å². The molecule has 0 aliphatic heterocycles. The van der Waals surface area contributed by atoms with Crippen LogP contribution in [0.1, 0.15) is 36.5 Å². The number of carbonyl (C=O) groups excluding carboxylic acids is 1. The van der Waals surface area contributed by atoms with Crippen LogP contribution in [0.4, 0.5) is 0 Å². The first-order valence-electron chi connectivity index (χ1n) is 8.03. The van der Waals surface area contributed by atoms with Gasteiger partial charge in [0.25, 0.3) is 5.91 Å². The zero-order chi connectivity index (χ0) is 17.5. The van der Waals surface area contributed by atoms with E-state index in [1.807, 2.05) is 38.1 Å². The third kappa shape index (κ3) is 4.83. The highest BCUT2D eigenvalue weighted by Crippen LogP contribution is 2.23. The van der Waals surface area contributed by atoms with E-state index in [0.29, 0.717) is 30.5 Å². The number of aryl methyl sites for hydroxylation is 1. The molecule has 1 amide bonds. The number of nitrogens with one attached hydrogen (secondary N) is 1. The lowest BCUT2D eigenvalue weighted by Gasteiger charge is -2.07. The number of aromatic nitrogens is 1. The van der Waals surface area contributed by atoms with Crippen molar-refractivity contribution in [2.45, 2.75) is 33.3 Å². The highest BCUT2D eigenvalue weighted by molar-refractivity contribution is 5.93. The van der Waals surface area contributed by atoms with Crippen LogP contribution >= 0.6 is 0 Å². The molecule has 1 aromatic carbocycles. The largest absolute Gasteiger partial charge is 0.497 e. The zero-order valence-electron chi connectivity index (χ0n) is 14.6. The fourth-order valence-corrected chi connectivity index (χ4v) is 2.14. The van der Waals surface area contributed by atoms with Gasteiger partial charge in [0.1, 0.15) is 11.5 Å². The number of ether oxygens (including phenoxy) is 2. The van der Waals surface area contributed by atoms with Gasteiger partial charge < -0.3 is 19.2 Å². The number of amides is 1. The first kappa shape index (κ1) is 18.0. The summed E-state index contributed by atoms with van der Waals surface area (Å²) in [5, 5.41) is 2.84. The predicted molar refractivity (Wildman–Crippen MR) is 91.3 cm³/mol. The van der Waals surface area contributed by atoms with Crippen LogP contribution in [0, 0.1) is 6.92 Å². The summed E-state index contributed by atoms with van der Waals surface area (Å²) in [6, 6.07) is 7.33. The molecule has 6 nitrogen and oxygen atoms in total. The highest BCUT2D eigenvalue weighted by Gasteiger charge is 2.17. The Bertz CT molecular complexity index is 662. The molecule has 0 spiro atoms. The molecule has 24 heavy (non-hydrogen) atoms. The lowest BCUT2D eigenvalue weighted by Crippen LogP contribution is -2.26. The Kier molecular flexibility index (Phi) is 6.37. The van der Waals surface area contributed by atoms with Crippen LogP contribution in [0.2, 0.25) is 0 Å². The normalized spacial score (nSPS) is 10.9. The molecule has 0 aliphatic rings. The van der Waals surface area contributed by atoms with E-state index in [9.17, 15) is 4.79 Å². The minimum Gasteiger partial charge on any atom is -0.497 e. The zero-order valence-corrected chi connectivity index (χ0v) is 14.6. The topological polar surface area (TPSA) is 73.6 Å². The third-order valence-electron chi connectivity index (χ3n) is 3.41. The minimum absolute atomic E-state index is 0.200. The van der Waals surface area contributed by atoms with E-state index < -0.39 is 0 Å². The van der Waals surface area contributed by atoms with E-state index >= 15 is 0 Å². The van der Waals surface area contributed by atoms with Crippen LogP contribution in [0.3, 0.4) is 0 Å². The molecular formula is C18H24N2O4. The maximum Gasteiger partial charge on any atom is 0.273 e. The van der Waals surface area contributed by atoms with E-state index in [2.05, 4.69) is 10.3 Å². The molecule has 0 bridgehead atoms. The maximum absolute atomic E-state index is 12.2. The summed E-state index contributed by atoms with van der Waals surface area (Å²) < 4.78 is 16.2. The second-order valence-electron chi connectivity index (χ2n) is 5.68. The summed E-state index contributed by atoms with van der Waals surface area (Å²) in [6.07, 6.45) is 0.956. The summed E-state index contributed by atoms with van der Waals surface area (Å²) in [7, 11) is 1.61. The molecule has 0 aliphatic carbocycles. The maximum atomic E-state index is 12.2. The number of carbonyl (C=O) groups is 1. The van der Waals surface area contributed by atoms with Crippen molar-refractivity contribution in [3.63, 3.8) is 0 Å². The van der Waals surface area contributed by atoms with Crippen LogP contribution in [-0.4, -0.2) is 37.3 Å². The number of oxazole rings is 1. The van der Waals surface area contributed by atoms with Gasteiger partial charge in [-0.05, 0) is 51.5 Å².